The average Bonchev–Trinajstić information content (AvgIpc) is 2.79. The molecule has 1 saturated heterocycles. The Labute approximate surface area is 219 Å². The highest BCUT2D eigenvalue weighted by atomic mass is 32.2. The number of pyridine rings is 1. The second-order valence-electron chi connectivity index (χ2n) is 10.6. The Morgan fingerprint density at radius 1 is 1.22 bits per heavy atom. The quantitative estimate of drug-likeness (QED) is 0.344. The lowest BCUT2D eigenvalue weighted by molar-refractivity contribution is 0.128. The molecule has 0 unspecified atom stereocenters. The Morgan fingerprint density at radius 3 is 2.46 bits per heavy atom. The van der Waals surface area contributed by atoms with E-state index in [0.717, 1.165) is 44.0 Å². The number of hydrazine groups is 1. The van der Waals surface area contributed by atoms with Crippen LogP contribution in [0.5, 0.6) is 0 Å². The van der Waals surface area contributed by atoms with Crippen molar-refractivity contribution in [2.45, 2.75) is 40.2 Å². The zero-order valence-corrected chi connectivity index (χ0v) is 22.8. The molecule has 1 aromatic carbocycles. The van der Waals surface area contributed by atoms with Crippen LogP contribution >= 0.6 is 0 Å². The van der Waals surface area contributed by atoms with Crippen LogP contribution in [0.15, 0.2) is 36.8 Å². The predicted molar refractivity (Wildman–Crippen MR) is 147 cm³/mol. The summed E-state index contributed by atoms with van der Waals surface area (Å²) in [5.41, 5.74) is 6.81. The van der Waals surface area contributed by atoms with Gasteiger partial charge in [-0.15, -0.1) is 0 Å². The molecule has 5 N–H and O–H groups in total. The van der Waals surface area contributed by atoms with Crippen LogP contribution in [0.25, 0.3) is 5.70 Å². The first-order valence-corrected chi connectivity index (χ1v) is 13.8. The Hall–Kier alpha value is -2.96. The Balaban J connectivity index is 0.00000507. The summed E-state index contributed by atoms with van der Waals surface area (Å²) >= 11 is 0. The number of halogens is 2. The first-order chi connectivity index (χ1) is 17.2. The molecule has 0 amide bonds. The van der Waals surface area contributed by atoms with E-state index >= 15 is 4.39 Å². The molecule has 0 spiro atoms. The van der Waals surface area contributed by atoms with Crippen molar-refractivity contribution in [2.24, 2.45) is 17.5 Å². The molecule has 0 bridgehead atoms. The lowest BCUT2D eigenvalue weighted by Gasteiger charge is -2.43. The summed E-state index contributed by atoms with van der Waals surface area (Å²) in [5.74, 6) is 3.45. The van der Waals surface area contributed by atoms with Gasteiger partial charge in [-0.05, 0) is 44.9 Å². The molecule has 2 aromatic rings. The van der Waals surface area contributed by atoms with Gasteiger partial charge in [-0.25, -0.2) is 23.0 Å². The number of hydrogen-bond acceptors (Lipinski definition) is 8. The minimum absolute atomic E-state index is 0. The van der Waals surface area contributed by atoms with E-state index in [9.17, 15) is 12.8 Å². The maximum atomic E-state index is 15.1. The highest BCUT2D eigenvalue weighted by molar-refractivity contribution is 7.92. The Morgan fingerprint density at radius 2 is 1.86 bits per heavy atom. The van der Waals surface area contributed by atoms with E-state index in [2.05, 4.69) is 40.3 Å². The molecule has 0 atom stereocenters. The maximum Gasteiger partial charge on any atom is 0.233 e. The van der Waals surface area contributed by atoms with Gasteiger partial charge in [0.25, 0.3) is 0 Å². The highest BCUT2D eigenvalue weighted by Crippen LogP contribution is 2.30. The molecular weight excluding hydrogens is 500 g/mol. The number of sulfonamides is 1. The molecule has 0 aliphatic carbocycles. The molecule has 12 heteroatoms. The van der Waals surface area contributed by atoms with Crippen molar-refractivity contribution in [2.75, 3.05) is 46.6 Å². The Bertz CT molecular complexity index is 1240. The smallest absolute Gasteiger partial charge is 0.233 e. The van der Waals surface area contributed by atoms with Crippen molar-refractivity contribution in [1.82, 2.24) is 9.88 Å². The molecule has 206 valence electrons. The minimum Gasteiger partial charge on any atom is -0.397 e. The van der Waals surface area contributed by atoms with Crippen LogP contribution in [0, 0.1) is 17.6 Å². The highest BCUT2D eigenvalue weighted by Gasteiger charge is 2.26. The molecule has 0 radical (unpaired) electrons. The third kappa shape index (κ3) is 7.30. The summed E-state index contributed by atoms with van der Waals surface area (Å²) in [6.45, 7) is 13.5. The molecular formula is C25H39F2N7O2S. The number of benzene rings is 1. The number of hydrogen-bond donors (Lipinski definition) is 3. The summed E-state index contributed by atoms with van der Waals surface area (Å²) in [6.07, 6.45) is 4.46. The van der Waals surface area contributed by atoms with Gasteiger partial charge in [-0.3, -0.25) is 19.6 Å². The molecule has 37 heavy (non-hydrogen) atoms. The van der Waals surface area contributed by atoms with Gasteiger partial charge in [0, 0.05) is 51.1 Å². The summed E-state index contributed by atoms with van der Waals surface area (Å²) in [6, 6.07) is 3.80. The zero-order valence-electron chi connectivity index (χ0n) is 22.0. The van der Waals surface area contributed by atoms with Crippen LogP contribution in [-0.4, -0.2) is 55.8 Å². The molecule has 9 nitrogen and oxygen atoms in total. The van der Waals surface area contributed by atoms with E-state index in [0.29, 0.717) is 10.6 Å². The molecule has 3 rings (SSSR count). The fourth-order valence-electron chi connectivity index (χ4n) is 4.19. The average molecular weight is 540 g/mol. The standard InChI is InChI=1S/C25H37F2N7O2S.H2/c1-17(2)16-37(35,36)31-22-7-6-20(26)24(23(22)27)34(29)15-21(28)18-12-19(14-30-13-18)32-8-10-33(11-9-32)25(3,4)5;/h6-7,12-15,17,31H,8-11,16,28-29H2,1-5H3;1H/b21-15-;. The number of nitrogens with one attached hydrogen (secondary N) is 1. The van der Waals surface area contributed by atoms with E-state index in [1.54, 1.807) is 20.0 Å². The first-order valence-electron chi connectivity index (χ1n) is 12.1. The number of nitrogens with two attached hydrogens (primary N) is 2. The normalized spacial score (nSPS) is 15.8. The fraction of sp³-hybridized carbons (Fsp3) is 0.480. The van der Waals surface area contributed by atoms with Crippen LogP contribution in [0.2, 0.25) is 0 Å². The molecule has 0 saturated carbocycles. The monoisotopic (exact) mass is 539 g/mol. The predicted octanol–water partition coefficient (Wildman–Crippen LogP) is 3.56. The first kappa shape index (κ1) is 28.6. The number of rotatable bonds is 8. The van der Waals surface area contributed by atoms with Gasteiger partial charge in [0.15, 0.2) is 11.6 Å². The van der Waals surface area contributed by atoms with E-state index < -0.39 is 33.0 Å². The van der Waals surface area contributed by atoms with E-state index in [1.165, 1.54) is 12.4 Å². The lowest BCUT2D eigenvalue weighted by Crippen LogP contribution is -2.53. The molecule has 1 fully saturated rings. The van der Waals surface area contributed by atoms with Crippen molar-refractivity contribution in [1.29, 1.82) is 0 Å². The minimum atomic E-state index is -3.83. The number of anilines is 3. The number of aromatic nitrogens is 1. The van der Waals surface area contributed by atoms with E-state index in [4.69, 9.17) is 11.6 Å². The zero-order chi connectivity index (χ0) is 27.5. The van der Waals surface area contributed by atoms with Gasteiger partial charge in [0.1, 0.15) is 5.69 Å². The summed E-state index contributed by atoms with van der Waals surface area (Å²) in [4.78, 5) is 8.91. The van der Waals surface area contributed by atoms with Crippen molar-refractivity contribution >= 4 is 32.8 Å². The van der Waals surface area contributed by atoms with Gasteiger partial charge < -0.3 is 10.6 Å². The van der Waals surface area contributed by atoms with Crippen molar-refractivity contribution < 1.29 is 18.6 Å². The van der Waals surface area contributed by atoms with Crippen LogP contribution in [-0.2, 0) is 10.0 Å². The van der Waals surface area contributed by atoms with E-state index in [1.807, 2.05) is 6.07 Å². The SMILES string of the molecule is CC(C)CS(=O)(=O)Nc1ccc(F)c(N(N)/C=C(\N)c2cncc(N3CCN(C(C)(C)C)CC3)c2)c1F.[HH]. The fourth-order valence-corrected chi connectivity index (χ4v) is 5.64. The van der Waals surface area contributed by atoms with Gasteiger partial charge >= 0.3 is 0 Å². The topological polar surface area (TPSA) is 121 Å². The Kier molecular flexibility index (Phi) is 8.66. The molecule has 1 aromatic heterocycles. The van der Waals surface area contributed by atoms with Gasteiger partial charge in [-0.1, -0.05) is 13.8 Å². The third-order valence-corrected chi connectivity index (χ3v) is 7.71. The van der Waals surface area contributed by atoms with Crippen molar-refractivity contribution in [3.8, 4) is 0 Å². The van der Waals surface area contributed by atoms with Crippen molar-refractivity contribution in [3.05, 3.63) is 54.0 Å². The molecule has 2 heterocycles. The summed E-state index contributed by atoms with van der Waals surface area (Å²) in [7, 11) is -3.83. The van der Waals surface area contributed by atoms with Crippen LogP contribution in [0.1, 0.15) is 41.6 Å². The van der Waals surface area contributed by atoms with Gasteiger partial charge in [0.2, 0.25) is 10.0 Å². The number of piperazine rings is 1. The van der Waals surface area contributed by atoms with Crippen molar-refractivity contribution in [3.63, 3.8) is 0 Å². The maximum absolute atomic E-state index is 15.1. The summed E-state index contributed by atoms with van der Waals surface area (Å²) in [5, 5.41) is 0.703. The molecule has 1 aliphatic rings. The lowest BCUT2D eigenvalue weighted by atomic mass is 10.0. The van der Waals surface area contributed by atoms with Gasteiger partial charge in [-0.2, -0.15) is 0 Å². The van der Waals surface area contributed by atoms with E-state index in [-0.39, 0.29) is 24.3 Å². The third-order valence-electron chi connectivity index (χ3n) is 6.07. The van der Waals surface area contributed by atoms with Crippen LogP contribution < -0.4 is 26.2 Å². The summed E-state index contributed by atoms with van der Waals surface area (Å²) < 4.78 is 56.4. The second-order valence-corrected chi connectivity index (χ2v) is 12.4. The van der Waals surface area contributed by atoms with Crippen LogP contribution in [0.4, 0.5) is 25.8 Å². The molecule has 1 aliphatic heterocycles. The van der Waals surface area contributed by atoms with Crippen LogP contribution in [0.3, 0.4) is 0 Å². The largest absolute Gasteiger partial charge is 0.397 e. The van der Waals surface area contributed by atoms with Gasteiger partial charge in [0.05, 0.1) is 29.0 Å². The second kappa shape index (κ2) is 11.2. The number of nitrogens with zero attached hydrogens (tertiary/aromatic N) is 4.